The molecular formula is C19H17N5O4S2. The predicted octanol–water partition coefficient (Wildman–Crippen LogP) is 3.21. The van der Waals surface area contributed by atoms with Crippen LogP contribution in [-0.4, -0.2) is 39.5 Å². The number of carbonyl (C=O) groups is 2. The molecule has 0 saturated carbocycles. The van der Waals surface area contributed by atoms with E-state index in [9.17, 15) is 9.59 Å². The Labute approximate surface area is 180 Å². The van der Waals surface area contributed by atoms with Crippen molar-refractivity contribution in [3.63, 3.8) is 0 Å². The molecule has 2 N–H and O–H groups in total. The molecule has 0 saturated heterocycles. The van der Waals surface area contributed by atoms with Crippen LogP contribution in [-0.2, 0) is 11.2 Å². The highest BCUT2D eigenvalue weighted by Gasteiger charge is 2.17. The van der Waals surface area contributed by atoms with Gasteiger partial charge < -0.3 is 14.8 Å². The maximum Gasteiger partial charge on any atom is 0.260 e. The first-order valence-electron chi connectivity index (χ1n) is 9.03. The number of nitrogens with one attached hydrogen (secondary N) is 2. The summed E-state index contributed by atoms with van der Waals surface area (Å²) < 4.78 is 10.6. The molecule has 30 heavy (non-hydrogen) atoms. The Balaban J connectivity index is 1.37. The largest absolute Gasteiger partial charge is 0.454 e. The number of fused-ring (bicyclic) bond motifs is 1. The molecule has 2 aromatic heterocycles. The van der Waals surface area contributed by atoms with Crippen molar-refractivity contribution in [2.75, 3.05) is 23.2 Å². The molecule has 0 atom stereocenters. The summed E-state index contributed by atoms with van der Waals surface area (Å²) in [7, 11) is 0. The van der Waals surface area contributed by atoms with Gasteiger partial charge in [0.05, 0.1) is 11.3 Å². The van der Waals surface area contributed by atoms with E-state index in [4.69, 9.17) is 9.47 Å². The molecular weight excluding hydrogens is 426 g/mol. The summed E-state index contributed by atoms with van der Waals surface area (Å²) in [4.78, 5) is 29.2. The van der Waals surface area contributed by atoms with Gasteiger partial charge in [-0.05, 0) is 30.7 Å². The minimum absolute atomic E-state index is 0.0878. The molecule has 0 spiro atoms. The first-order chi connectivity index (χ1) is 14.6. The standard InChI is InChI=1S/C19H17N5O4S2/c1-2-16-23-24-19(30-16)22-17(26)12-4-3-7-20-18(12)29-9-15(25)21-11-5-6-13-14(8-11)28-10-27-13/h3-8H,2,9-10H2,1H3,(H,21,25)(H,22,24,26). The fraction of sp³-hybridized carbons (Fsp3) is 0.211. The van der Waals surface area contributed by atoms with E-state index in [2.05, 4.69) is 25.8 Å². The van der Waals surface area contributed by atoms with Crippen molar-refractivity contribution in [3.8, 4) is 11.5 Å². The zero-order chi connectivity index (χ0) is 20.9. The van der Waals surface area contributed by atoms with Crippen LogP contribution in [0, 0.1) is 0 Å². The highest BCUT2D eigenvalue weighted by atomic mass is 32.2. The average molecular weight is 444 g/mol. The highest BCUT2D eigenvalue weighted by molar-refractivity contribution is 8.00. The van der Waals surface area contributed by atoms with E-state index in [1.807, 2.05) is 6.92 Å². The van der Waals surface area contributed by atoms with Gasteiger partial charge in [0, 0.05) is 18.0 Å². The van der Waals surface area contributed by atoms with Gasteiger partial charge in [-0.3, -0.25) is 14.9 Å². The lowest BCUT2D eigenvalue weighted by Crippen LogP contribution is -2.16. The maximum atomic E-state index is 12.6. The number of amides is 2. The molecule has 11 heteroatoms. The molecule has 1 aromatic carbocycles. The Bertz CT molecular complexity index is 1090. The first kappa shape index (κ1) is 20.1. The monoisotopic (exact) mass is 443 g/mol. The molecule has 0 aliphatic carbocycles. The molecule has 9 nitrogen and oxygen atoms in total. The SMILES string of the molecule is CCc1nnc(NC(=O)c2cccnc2SCC(=O)Nc2ccc3c(c2)OCO3)s1. The fourth-order valence-corrected chi connectivity index (χ4v) is 4.06. The van der Waals surface area contributed by atoms with Gasteiger partial charge in [-0.15, -0.1) is 10.2 Å². The molecule has 0 radical (unpaired) electrons. The number of anilines is 2. The summed E-state index contributed by atoms with van der Waals surface area (Å²) >= 11 is 2.50. The topological polar surface area (TPSA) is 115 Å². The Hall–Kier alpha value is -3.18. The Kier molecular flexibility index (Phi) is 6.10. The second-order valence-corrected chi connectivity index (χ2v) is 8.10. The lowest BCUT2D eigenvalue weighted by atomic mass is 10.3. The number of benzene rings is 1. The second kappa shape index (κ2) is 9.09. The third-order valence-corrected chi connectivity index (χ3v) is 5.99. The van der Waals surface area contributed by atoms with Crippen LogP contribution in [0.3, 0.4) is 0 Å². The van der Waals surface area contributed by atoms with Gasteiger partial charge in [0.2, 0.25) is 17.8 Å². The van der Waals surface area contributed by atoms with E-state index in [1.54, 1.807) is 36.5 Å². The van der Waals surface area contributed by atoms with Gasteiger partial charge >= 0.3 is 0 Å². The van der Waals surface area contributed by atoms with Crippen LogP contribution in [0.4, 0.5) is 10.8 Å². The van der Waals surface area contributed by atoms with E-state index in [0.29, 0.717) is 32.9 Å². The van der Waals surface area contributed by atoms with Crippen molar-refractivity contribution in [2.24, 2.45) is 0 Å². The highest BCUT2D eigenvalue weighted by Crippen LogP contribution is 2.34. The molecule has 1 aliphatic heterocycles. The number of ether oxygens (including phenoxy) is 2. The Morgan fingerprint density at radius 2 is 2.03 bits per heavy atom. The number of pyridine rings is 1. The number of aryl methyl sites for hydroxylation is 1. The molecule has 0 unspecified atom stereocenters. The number of carbonyl (C=O) groups excluding carboxylic acids is 2. The number of rotatable bonds is 7. The van der Waals surface area contributed by atoms with Gasteiger partial charge in [0.25, 0.3) is 5.91 Å². The van der Waals surface area contributed by atoms with Crippen molar-refractivity contribution in [1.82, 2.24) is 15.2 Å². The van der Waals surface area contributed by atoms with Crippen molar-refractivity contribution in [3.05, 3.63) is 47.1 Å². The van der Waals surface area contributed by atoms with E-state index in [1.165, 1.54) is 23.1 Å². The number of nitrogens with zero attached hydrogens (tertiary/aromatic N) is 3. The number of thioether (sulfide) groups is 1. The quantitative estimate of drug-likeness (QED) is 0.535. The van der Waals surface area contributed by atoms with Gasteiger partial charge in [0.15, 0.2) is 11.5 Å². The molecule has 1 aliphatic rings. The van der Waals surface area contributed by atoms with Crippen LogP contribution >= 0.6 is 23.1 Å². The normalized spacial score (nSPS) is 11.9. The number of aromatic nitrogens is 3. The smallest absolute Gasteiger partial charge is 0.260 e. The minimum Gasteiger partial charge on any atom is -0.454 e. The number of hydrogen-bond donors (Lipinski definition) is 2. The summed E-state index contributed by atoms with van der Waals surface area (Å²) in [5, 5.41) is 15.2. The van der Waals surface area contributed by atoms with Crippen molar-refractivity contribution >= 4 is 45.7 Å². The van der Waals surface area contributed by atoms with Gasteiger partial charge in [-0.2, -0.15) is 0 Å². The third kappa shape index (κ3) is 4.69. The zero-order valence-electron chi connectivity index (χ0n) is 15.9. The van der Waals surface area contributed by atoms with Crippen LogP contribution in [0.15, 0.2) is 41.6 Å². The van der Waals surface area contributed by atoms with Gasteiger partial charge in [0.1, 0.15) is 10.0 Å². The molecule has 3 heterocycles. The van der Waals surface area contributed by atoms with Crippen LogP contribution in [0.1, 0.15) is 22.3 Å². The molecule has 0 bridgehead atoms. The van der Waals surface area contributed by atoms with Crippen LogP contribution in [0.5, 0.6) is 11.5 Å². The van der Waals surface area contributed by atoms with Crippen LogP contribution < -0.4 is 20.1 Å². The molecule has 154 valence electrons. The minimum atomic E-state index is -0.347. The maximum absolute atomic E-state index is 12.6. The van der Waals surface area contributed by atoms with E-state index in [-0.39, 0.29) is 24.4 Å². The molecule has 3 aromatic rings. The first-order valence-corrected chi connectivity index (χ1v) is 10.8. The number of hydrogen-bond acceptors (Lipinski definition) is 9. The average Bonchev–Trinajstić information content (AvgIpc) is 3.41. The molecule has 2 amide bonds. The van der Waals surface area contributed by atoms with Gasteiger partial charge in [-0.25, -0.2) is 4.98 Å². The van der Waals surface area contributed by atoms with Crippen molar-refractivity contribution in [2.45, 2.75) is 18.4 Å². The van der Waals surface area contributed by atoms with E-state index in [0.717, 1.165) is 11.4 Å². The fourth-order valence-electron chi connectivity index (χ4n) is 2.60. The Morgan fingerprint density at radius 3 is 2.87 bits per heavy atom. The summed E-state index contributed by atoms with van der Waals surface area (Å²) in [6, 6.07) is 8.51. The van der Waals surface area contributed by atoms with E-state index >= 15 is 0 Å². The molecule has 4 rings (SSSR count). The lowest BCUT2D eigenvalue weighted by molar-refractivity contribution is -0.113. The van der Waals surface area contributed by atoms with Crippen molar-refractivity contribution < 1.29 is 19.1 Å². The van der Waals surface area contributed by atoms with Crippen molar-refractivity contribution in [1.29, 1.82) is 0 Å². The summed E-state index contributed by atoms with van der Waals surface area (Å²) in [6.07, 6.45) is 2.33. The van der Waals surface area contributed by atoms with Crippen LogP contribution in [0.2, 0.25) is 0 Å². The Morgan fingerprint density at radius 1 is 1.17 bits per heavy atom. The molecule has 0 fully saturated rings. The van der Waals surface area contributed by atoms with Crippen LogP contribution in [0.25, 0.3) is 0 Å². The summed E-state index contributed by atoms with van der Waals surface area (Å²) in [6.45, 7) is 2.14. The lowest BCUT2D eigenvalue weighted by Gasteiger charge is -2.08. The van der Waals surface area contributed by atoms with E-state index < -0.39 is 0 Å². The summed E-state index contributed by atoms with van der Waals surface area (Å²) in [5.74, 6) is 0.748. The predicted molar refractivity (Wildman–Crippen MR) is 113 cm³/mol. The third-order valence-electron chi connectivity index (χ3n) is 4.00. The summed E-state index contributed by atoms with van der Waals surface area (Å²) in [5.41, 5.74) is 0.971. The zero-order valence-corrected chi connectivity index (χ0v) is 17.5. The second-order valence-electron chi connectivity index (χ2n) is 6.07. The van der Waals surface area contributed by atoms with Gasteiger partial charge in [-0.1, -0.05) is 30.0 Å².